The van der Waals surface area contributed by atoms with Crippen molar-refractivity contribution in [1.29, 1.82) is 0 Å². The van der Waals surface area contributed by atoms with Crippen LogP contribution in [0.4, 0.5) is 11.8 Å². The highest BCUT2D eigenvalue weighted by molar-refractivity contribution is 7.16. The quantitative estimate of drug-likeness (QED) is 0.810. The van der Waals surface area contributed by atoms with E-state index in [9.17, 15) is 5.11 Å². The Balaban J connectivity index is 1.93. The molecular formula is C14H20N4OS. The van der Waals surface area contributed by atoms with Crippen LogP contribution in [0.1, 0.15) is 32.6 Å². The van der Waals surface area contributed by atoms with Gasteiger partial charge in [-0.25, -0.2) is 4.98 Å². The van der Waals surface area contributed by atoms with Crippen molar-refractivity contribution in [3.8, 4) is 0 Å². The summed E-state index contributed by atoms with van der Waals surface area (Å²) in [5, 5.41) is 16.3. The number of aromatic nitrogens is 2. The molecule has 1 saturated carbocycles. The summed E-state index contributed by atoms with van der Waals surface area (Å²) < 4.78 is 0. The summed E-state index contributed by atoms with van der Waals surface area (Å²) in [6.45, 7) is 2.39. The predicted molar refractivity (Wildman–Crippen MR) is 82.9 cm³/mol. The molecule has 4 N–H and O–H groups in total. The lowest BCUT2D eigenvalue weighted by Gasteiger charge is -2.39. The molecule has 1 aliphatic carbocycles. The second-order valence-corrected chi connectivity index (χ2v) is 6.71. The summed E-state index contributed by atoms with van der Waals surface area (Å²) in [5.74, 6) is 1.75. The monoisotopic (exact) mass is 292 g/mol. The van der Waals surface area contributed by atoms with Crippen LogP contribution in [0.5, 0.6) is 0 Å². The van der Waals surface area contributed by atoms with E-state index >= 15 is 0 Å². The van der Waals surface area contributed by atoms with Crippen LogP contribution < -0.4 is 11.1 Å². The summed E-state index contributed by atoms with van der Waals surface area (Å²) >= 11 is 1.55. The van der Waals surface area contributed by atoms with Gasteiger partial charge in [0.05, 0.1) is 17.5 Å². The molecule has 0 radical (unpaired) electrons. The fourth-order valence-corrected chi connectivity index (χ4v) is 3.63. The minimum atomic E-state index is -0.276. The molecule has 0 atom stereocenters. The zero-order valence-electron chi connectivity index (χ0n) is 11.6. The third-order valence-electron chi connectivity index (χ3n) is 4.26. The maximum absolute atomic E-state index is 9.85. The van der Waals surface area contributed by atoms with Gasteiger partial charge in [0.2, 0.25) is 5.95 Å². The van der Waals surface area contributed by atoms with Gasteiger partial charge in [-0.1, -0.05) is 6.92 Å². The minimum Gasteiger partial charge on any atom is -0.394 e. The Morgan fingerprint density at radius 1 is 1.45 bits per heavy atom. The molecule has 0 bridgehead atoms. The van der Waals surface area contributed by atoms with Gasteiger partial charge < -0.3 is 16.2 Å². The van der Waals surface area contributed by atoms with Crippen molar-refractivity contribution in [2.45, 2.75) is 38.1 Å². The predicted octanol–water partition coefficient (Wildman–Crippen LogP) is 2.63. The first-order valence-electron chi connectivity index (χ1n) is 7.02. The van der Waals surface area contributed by atoms with Gasteiger partial charge >= 0.3 is 0 Å². The van der Waals surface area contributed by atoms with Gasteiger partial charge in [0.1, 0.15) is 10.6 Å². The fourth-order valence-electron chi connectivity index (χ4n) is 2.86. The van der Waals surface area contributed by atoms with Crippen LogP contribution in [-0.2, 0) is 0 Å². The van der Waals surface area contributed by atoms with Gasteiger partial charge in [-0.15, -0.1) is 11.3 Å². The molecule has 0 spiro atoms. The number of anilines is 2. The highest BCUT2D eigenvalue weighted by Crippen LogP contribution is 2.36. The summed E-state index contributed by atoms with van der Waals surface area (Å²) in [7, 11) is 0. The lowest BCUT2D eigenvalue weighted by atomic mass is 9.77. The Morgan fingerprint density at radius 2 is 2.20 bits per heavy atom. The molecule has 5 nitrogen and oxygen atoms in total. The number of aliphatic hydroxyl groups is 1. The third kappa shape index (κ3) is 2.45. The normalized spacial score (nSPS) is 26.8. The molecular weight excluding hydrogens is 272 g/mol. The van der Waals surface area contributed by atoms with Crippen molar-refractivity contribution in [2.24, 2.45) is 5.92 Å². The van der Waals surface area contributed by atoms with Crippen LogP contribution in [-0.4, -0.2) is 27.2 Å². The van der Waals surface area contributed by atoms with Crippen molar-refractivity contribution < 1.29 is 5.11 Å². The largest absolute Gasteiger partial charge is 0.394 e. The van der Waals surface area contributed by atoms with Crippen molar-refractivity contribution >= 4 is 33.3 Å². The highest BCUT2D eigenvalue weighted by atomic mass is 32.1. The zero-order chi connectivity index (χ0) is 14.2. The fraction of sp³-hybridized carbons (Fsp3) is 0.571. The van der Waals surface area contributed by atoms with Crippen molar-refractivity contribution in [3.63, 3.8) is 0 Å². The molecule has 0 aliphatic heterocycles. The first kappa shape index (κ1) is 13.6. The van der Waals surface area contributed by atoms with Gasteiger partial charge in [-0.2, -0.15) is 4.98 Å². The van der Waals surface area contributed by atoms with E-state index in [1.54, 1.807) is 11.3 Å². The second kappa shape index (κ2) is 5.18. The number of aliphatic hydroxyl groups excluding tert-OH is 1. The molecule has 0 unspecified atom stereocenters. The van der Waals surface area contributed by atoms with Crippen LogP contribution in [0.3, 0.4) is 0 Å². The molecule has 1 aliphatic rings. The second-order valence-electron chi connectivity index (χ2n) is 5.82. The minimum absolute atomic E-state index is 0.120. The smallest absolute Gasteiger partial charge is 0.223 e. The average Bonchev–Trinajstić information content (AvgIpc) is 2.90. The molecule has 0 amide bonds. The first-order valence-corrected chi connectivity index (χ1v) is 7.90. The molecule has 3 rings (SSSR count). The van der Waals surface area contributed by atoms with Gasteiger partial charge in [0.15, 0.2) is 0 Å². The Kier molecular flexibility index (Phi) is 3.52. The topological polar surface area (TPSA) is 84.1 Å². The number of hydrogen-bond donors (Lipinski definition) is 3. The van der Waals surface area contributed by atoms with Gasteiger partial charge in [-0.05, 0) is 43.0 Å². The average molecular weight is 292 g/mol. The van der Waals surface area contributed by atoms with Crippen LogP contribution in [0, 0.1) is 5.92 Å². The summed E-state index contributed by atoms with van der Waals surface area (Å²) in [4.78, 5) is 9.45. The summed E-state index contributed by atoms with van der Waals surface area (Å²) in [6.07, 6.45) is 4.17. The number of hydrogen-bond acceptors (Lipinski definition) is 6. The molecule has 2 aromatic heterocycles. The Morgan fingerprint density at radius 3 is 2.90 bits per heavy atom. The lowest BCUT2D eigenvalue weighted by Crippen LogP contribution is -2.45. The van der Waals surface area contributed by atoms with Crippen LogP contribution in [0.25, 0.3) is 10.2 Å². The van der Waals surface area contributed by atoms with E-state index in [-0.39, 0.29) is 18.1 Å². The Bertz CT molecular complexity index is 604. The number of nitrogens with two attached hydrogens (primary N) is 1. The molecule has 0 saturated heterocycles. The first-order chi connectivity index (χ1) is 9.62. The van der Waals surface area contributed by atoms with Crippen LogP contribution in [0.2, 0.25) is 0 Å². The molecule has 2 aromatic rings. The standard InChI is InChI=1S/C14H20N4OS/c1-9-2-5-14(8-19,6-3-9)18-11-10-4-7-20-12(10)17-13(15)16-11/h4,7,9,19H,2-3,5-6,8H2,1H3,(H3,15,16,17,18). The SMILES string of the molecule is CC1CCC(CO)(Nc2nc(N)nc3sccc23)CC1. The number of nitrogens with one attached hydrogen (secondary N) is 1. The number of fused-ring (bicyclic) bond motifs is 1. The molecule has 108 valence electrons. The molecule has 2 heterocycles. The van der Waals surface area contributed by atoms with E-state index in [2.05, 4.69) is 22.2 Å². The summed E-state index contributed by atoms with van der Waals surface area (Å²) in [6, 6.07) is 2.00. The van der Waals surface area contributed by atoms with E-state index in [1.807, 2.05) is 11.4 Å². The van der Waals surface area contributed by atoms with Gasteiger partial charge in [0, 0.05) is 0 Å². The van der Waals surface area contributed by atoms with Crippen molar-refractivity contribution in [2.75, 3.05) is 17.7 Å². The summed E-state index contributed by atoms with van der Waals surface area (Å²) in [5.41, 5.74) is 5.50. The van der Waals surface area contributed by atoms with E-state index in [1.165, 1.54) is 0 Å². The molecule has 20 heavy (non-hydrogen) atoms. The van der Waals surface area contributed by atoms with E-state index in [0.29, 0.717) is 0 Å². The Labute approximate surface area is 122 Å². The highest BCUT2D eigenvalue weighted by Gasteiger charge is 2.34. The van der Waals surface area contributed by atoms with Crippen molar-refractivity contribution in [1.82, 2.24) is 9.97 Å². The van der Waals surface area contributed by atoms with Crippen LogP contribution in [0.15, 0.2) is 11.4 Å². The van der Waals surface area contributed by atoms with Crippen LogP contribution >= 0.6 is 11.3 Å². The lowest BCUT2D eigenvalue weighted by molar-refractivity contribution is 0.155. The zero-order valence-corrected chi connectivity index (χ0v) is 12.4. The van der Waals surface area contributed by atoms with Gasteiger partial charge in [0.25, 0.3) is 0 Å². The molecule has 0 aromatic carbocycles. The molecule has 1 fully saturated rings. The number of nitrogen functional groups attached to an aromatic ring is 1. The van der Waals surface area contributed by atoms with E-state index in [0.717, 1.165) is 47.6 Å². The number of rotatable bonds is 3. The number of nitrogens with zero attached hydrogens (tertiary/aromatic N) is 2. The number of thiophene rings is 1. The Hall–Kier alpha value is -1.40. The maximum Gasteiger partial charge on any atom is 0.223 e. The van der Waals surface area contributed by atoms with E-state index < -0.39 is 0 Å². The van der Waals surface area contributed by atoms with Crippen molar-refractivity contribution in [3.05, 3.63) is 11.4 Å². The van der Waals surface area contributed by atoms with E-state index in [4.69, 9.17) is 5.73 Å². The molecule has 6 heteroatoms. The van der Waals surface area contributed by atoms with Gasteiger partial charge in [-0.3, -0.25) is 0 Å². The maximum atomic E-state index is 9.85. The third-order valence-corrected chi connectivity index (χ3v) is 5.07.